The minimum Gasteiger partial charge on any atom is -0.496 e. The Morgan fingerprint density at radius 1 is 1.19 bits per heavy atom. The van der Waals surface area contributed by atoms with E-state index >= 15 is 0 Å². The van der Waals surface area contributed by atoms with E-state index in [2.05, 4.69) is 31.9 Å². The number of ether oxygens (including phenoxy) is 1. The van der Waals surface area contributed by atoms with Crippen molar-refractivity contribution in [3.63, 3.8) is 0 Å². The number of hydrogen-bond donors (Lipinski definition) is 1. The van der Waals surface area contributed by atoms with Crippen molar-refractivity contribution in [3.8, 4) is 17.1 Å². The molecule has 1 N–H and O–H groups in total. The average Bonchev–Trinajstić information content (AvgIpc) is 3.43. The molecular weight excluding hydrogens is 422 g/mol. The number of fused-ring (bicyclic) bond motifs is 1. The second-order valence-electron chi connectivity index (χ2n) is 8.01. The predicted octanol–water partition coefficient (Wildman–Crippen LogP) is 4.52. The van der Waals surface area contributed by atoms with Crippen LogP contribution in [0.5, 0.6) is 5.75 Å². The second kappa shape index (κ2) is 8.70. The van der Waals surface area contributed by atoms with Gasteiger partial charge < -0.3 is 14.6 Å². The van der Waals surface area contributed by atoms with Gasteiger partial charge >= 0.3 is 0 Å². The van der Waals surface area contributed by atoms with Gasteiger partial charge in [0.25, 0.3) is 0 Å². The van der Waals surface area contributed by atoms with E-state index in [-0.39, 0.29) is 5.91 Å². The van der Waals surface area contributed by atoms with Gasteiger partial charge in [0.15, 0.2) is 11.0 Å². The van der Waals surface area contributed by atoms with Gasteiger partial charge in [0.1, 0.15) is 5.75 Å². The Morgan fingerprint density at radius 3 is 2.78 bits per heavy atom. The molecular formula is C24H25N5O2S. The fourth-order valence-corrected chi connectivity index (χ4v) is 4.84. The molecule has 1 aliphatic rings. The zero-order valence-corrected chi connectivity index (χ0v) is 18.9. The van der Waals surface area contributed by atoms with Crippen molar-refractivity contribution < 1.29 is 9.53 Å². The van der Waals surface area contributed by atoms with Crippen molar-refractivity contribution in [2.75, 3.05) is 19.9 Å². The highest BCUT2D eigenvalue weighted by Gasteiger charge is 2.31. The van der Waals surface area contributed by atoms with Crippen LogP contribution in [0.3, 0.4) is 0 Å². The van der Waals surface area contributed by atoms with E-state index in [0.29, 0.717) is 18.3 Å². The Labute approximate surface area is 190 Å². The Kier molecular flexibility index (Phi) is 5.61. The fourth-order valence-electron chi connectivity index (χ4n) is 3.89. The summed E-state index contributed by atoms with van der Waals surface area (Å²) < 4.78 is 7.61. The zero-order chi connectivity index (χ0) is 22.1. The van der Waals surface area contributed by atoms with E-state index < -0.39 is 0 Å². The third kappa shape index (κ3) is 3.98. The number of H-pyrrole nitrogens is 1. The van der Waals surface area contributed by atoms with Gasteiger partial charge in [-0.15, -0.1) is 10.2 Å². The van der Waals surface area contributed by atoms with Gasteiger partial charge in [0, 0.05) is 47.9 Å². The molecule has 1 aliphatic carbocycles. The number of aromatic nitrogens is 4. The first-order valence-electron chi connectivity index (χ1n) is 10.7. The summed E-state index contributed by atoms with van der Waals surface area (Å²) in [6.45, 7) is 0.499. The highest BCUT2D eigenvalue weighted by atomic mass is 32.2. The Balaban J connectivity index is 1.32. The topological polar surface area (TPSA) is 76.0 Å². The van der Waals surface area contributed by atoms with E-state index in [0.717, 1.165) is 51.6 Å². The molecule has 5 rings (SSSR count). The van der Waals surface area contributed by atoms with Crippen molar-refractivity contribution in [2.45, 2.75) is 30.6 Å². The maximum absolute atomic E-state index is 12.8. The van der Waals surface area contributed by atoms with Crippen LogP contribution < -0.4 is 4.74 Å². The van der Waals surface area contributed by atoms with Crippen LogP contribution in [0.1, 0.15) is 24.4 Å². The molecule has 0 saturated heterocycles. The molecule has 1 amide bonds. The number of nitrogens with one attached hydrogen (secondary N) is 1. The lowest BCUT2D eigenvalue weighted by Crippen LogP contribution is -2.28. The van der Waals surface area contributed by atoms with Crippen LogP contribution in [0.25, 0.3) is 22.3 Å². The molecule has 2 heterocycles. The molecule has 32 heavy (non-hydrogen) atoms. The molecule has 7 nitrogen and oxygen atoms in total. The van der Waals surface area contributed by atoms with Crippen LogP contribution >= 0.6 is 11.8 Å². The minimum atomic E-state index is 0.0416. The van der Waals surface area contributed by atoms with Crippen molar-refractivity contribution in [2.24, 2.45) is 0 Å². The largest absolute Gasteiger partial charge is 0.496 e. The molecule has 1 fully saturated rings. The molecule has 0 aliphatic heterocycles. The highest BCUT2D eigenvalue weighted by molar-refractivity contribution is 7.99. The number of para-hydroxylation sites is 2. The summed E-state index contributed by atoms with van der Waals surface area (Å²) in [6.07, 6.45) is 4.22. The number of carbonyl (C=O) groups excluding carboxylic acids is 1. The van der Waals surface area contributed by atoms with E-state index in [4.69, 9.17) is 4.74 Å². The number of nitrogens with zero attached hydrogens (tertiary/aromatic N) is 4. The van der Waals surface area contributed by atoms with E-state index in [1.165, 1.54) is 11.8 Å². The fraction of sp³-hybridized carbons (Fsp3) is 0.292. The van der Waals surface area contributed by atoms with Crippen LogP contribution in [0.4, 0.5) is 0 Å². The van der Waals surface area contributed by atoms with Crippen molar-refractivity contribution >= 4 is 28.6 Å². The first kappa shape index (κ1) is 20.6. The summed E-state index contributed by atoms with van der Waals surface area (Å²) in [5, 5.41) is 10.9. The first-order chi connectivity index (χ1) is 15.7. The smallest absolute Gasteiger partial charge is 0.233 e. The zero-order valence-electron chi connectivity index (χ0n) is 18.1. The maximum atomic E-state index is 12.8. The standard InChI is InChI=1S/C24H25N5O2S/c1-28(14-16-7-3-6-10-21(16)31-2)22(30)15-32-24-27-26-23(29(24)17-11-12-17)19-13-25-20-9-5-4-8-18(19)20/h3-10,13,17,25H,11-12,14-15H2,1-2H3. The molecule has 0 radical (unpaired) electrons. The molecule has 0 atom stereocenters. The molecule has 8 heteroatoms. The van der Waals surface area contributed by atoms with E-state index in [1.54, 1.807) is 12.0 Å². The number of rotatable bonds is 8. The maximum Gasteiger partial charge on any atom is 0.233 e. The summed E-state index contributed by atoms with van der Waals surface area (Å²) in [5.41, 5.74) is 3.11. The van der Waals surface area contributed by atoms with Crippen molar-refractivity contribution in [3.05, 3.63) is 60.3 Å². The lowest BCUT2D eigenvalue weighted by Gasteiger charge is -2.18. The van der Waals surface area contributed by atoms with E-state index in [1.807, 2.05) is 49.6 Å². The van der Waals surface area contributed by atoms with Crippen molar-refractivity contribution in [1.82, 2.24) is 24.6 Å². The van der Waals surface area contributed by atoms with Crippen LogP contribution in [0.2, 0.25) is 0 Å². The number of aromatic amines is 1. The van der Waals surface area contributed by atoms with Crippen LogP contribution in [0.15, 0.2) is 59.9 Å². The number of hydrogen-bond acceptors (Lipinski definition) is 5. The predicted molar refractivity (Wildman–Crippen MR) is 126 cm³/mol. The normalized spacial score (nSPS) is 13.4. The number of carbonyl (C=O) groups is 1. The van der Waals surface area contributed by atoms with Gasteiger partial charge in [0.2, 0.25) is 5.91 Å². The monoisotopic (exact) mass is 447 g/mol. The number of amides is 1. The molecule has 0 unspecified atom stereocenters. The third-order valence-corrected chi connectivity index (χ3v) is 6.69. The van der Waals surface area contributed by atoms with Crippen LogP contribution in [-0.2, 0) is 11.3 Å². The van der Waals surface area contributed by atoms with Gasteiger partial charge in [-0.1, -0.05) is 48.2 Å². The van der Waals surface area contributed by atoms with Gasteiger partial charge in [-0.25, -0.2) is 0 Å². The lowest BCUT2D eigenvalue weighted by atomic mass is 10.1. The molecule has 164 valence electrons. The summed E-state index contributed by atoms with van der Waals surface area (Å²) >= 11 is 1.45. The van der Waals surface area contributed by atoms with Crippen LogP contribution in [-0.4, -0.2) is 50.5 Å². The number of benzene rings is 2. The Bertz CT molecular complexity index is 1260. The molecule has 2 aromatic carbocycles. The summed E-state index contributed by atoms with van der Waals surface area (Å²) in [4.78, 5) is 17.9. The molecule has 1 saturated carbocycles. The highest BCUT2D eigenvalue weighted by Crippen LogP contribution is 2.42. The van der Waals surface area contributed by atoms with Gasteiger partial charge in [-0.05, 0) is 25.0 Å². The quantitative estimate of drug-likeness (QED) is 0.402. The molecule has 0 bridgehead atoms. The Morgan fingerprint density at radius 2 is 1.97 bits per heavy atom. The second-order valence-corrected chi connectivity index (χ2v) is 8.95. The minimum absolute atomic E-state index is 0.0416. The molecule has 4 aromatic rings. The number of thioether (sulfide) groups is 1. The summed E-state index contributed by atoms with van der Waals surface area (Å²) in [7, 11) is 3.46. The number of methoxy groups -OCH3 is 1. The molecule has 0 spiro atoms. The first-order valence-corrected chi connectivity index (χ1v) is 11.6. The SMILES string of the molecule is COc1ccccc1CN(C)C(=O)CSc1nnc(-c2c[nH]c3ccccc23)n1C1CC1. The Hall–Kier alpha value is -3.26. The molecule has 2 aromatic heterocycles. The van der Waals surface area contributed by atoms with E-state index in [9.17, 15) is 4.79 Å². The van der Waals surface area contributed by atoms with Gasteiger partial charge in [0.05, 0.1) is 12.9 Å². The van der Waals surface area contributed by atoms with Crippen molar-refractivity contribution in [1.29, 1.82) is 0 Å². The summed E-state index contributed by atoms with van der Waals surface area (Å²) in [5.74, 6) is 2.00. The lowest BCUT2D eigenvalue weighted by molar-refractivity contribution is -0.127. The third-order valence-electron chi connectivity index (χ3n) is 5.76. The summed E-state index contributed by atoms with van der Waals surface area (Å²) in [6, 6.07) is 16.4. The van der Waals surface area contributed by atoms with Gasteiger partial charge in [-0.2, -0.15) is 0 Å². The van der Waals surface area contributed by atoms with Gasteiger partial charge in [-0.3, -0.25) is 9.36 Å². The average molecular weight is 448 g/mol. The van der Waals surface area contributed by atoms with Crippen LogP contribution in [0, 0.1) is 0 Å².